The SMILES string of the molecule is c1ccc(-c2cc(-c3ccc(-c4ccc(-n5c6ccccc6c6ccccc65)cc4)cc3)cc(-c3nc(-c4ccccc4)nc(-c4ccccc4)n3)c2)cc1. The van der Waals surface area contributed by atoms with Crippen molar-refractivity contribution in [3.63, 3.8) is 0 Å². The van der Waals surface area contributed by atoms with E-state index in [1.807, 2.05) is 66.7 Å². The number of fused-ring (bicyclic) bond motifs is 3. The van der Waals surface area contributed by atoms with Crippen LogP contribution in [0.4, 0.5) is 0 Å². The first-order valence-corrected chi connectivity index (χ1v) is 18.5. The number of aromatic nitrogens is 4. The summed E-state index contributed by atoms with van der Waals surface area (Å²) >= 11 is 0. The molecular weight excluding hydrogens is 669 g/mol. The molecule has 0 radical (unpaired) electrons. The average molecular weight is 703 g/mol. The molecule has 8 aromatic carbocycles. The molecule has 0 atom stereocenters. The van der Waals surface area contributed by atoms with Crippen LogP contribution in [0.2, 0.25) is 0 Å². The zero-order chi connectivity index (χ0) is 36.6. The van der Waals surface area contributed by atoms with E-state index in [1.165, 1.54) is 27.4 Å². The van der Waals surface area contributed by atoms with Gasteiger partial charge in [0.15, 0.2) is 17.5 Å². The molecule has 0 saturated heterocycles. The number of rotatable bonds is 7. The normalized spacial score (nSPS) is 11.3. The van der Waals surface area contributed by atoms with Gasteiger partial charge in [0.25, 0.3) is 0 Å². The van der Waals surface area contributed by atoms with Crippen LogP contribution in [0.15, 0.2) is 206 Å². The number of para-hydroxylation sites is 2. The molecule has 55 heavy (non-hydrogen) atoms. The first-order valence-electron chi connectivity index (χ1n) is 18.5. The van der Waals surface area contributed by atoms with Gasteiger partial charge in [-0.15, -0.1) is 0 Å². The summed E-state index contributed by atoms with van der Waals surface area (Å²) < 4.78 is 2.35. The lowest BCUT2D eigenvalue weighted by Crippen LogP contribution is -2.00. The Morgan fingerprint density at radius 2 is 0.582 bits per heavy atom. The van der Waals surface area contributed by atoms with Crippen molar-refractivity contribution in [1.82, 2.24) is 19.5 Å². The van der Waals surface area contributed by atoms with E-state index in [0.29, 0.717) is 17.5 Å². The molecule has 10 aromatic rings. The summed E-state index contributed by atoms with van der Waals surface area (Å²) in [5, 5.41) is 2.53. The molecule has 0 saturated carbocycles. The second-order valence-electron chi connectivity index (χ2n) is 13.7. The molecule has 258 valence electrons. The van der Waals surface area contributed by atoms with Crippen molar-refractivity contribution in [3.8, 4) is 73.2 Å². The Labute approximate surface area is 319 Å². The fourth-order valence-corrected chi connectivity index (χ4v) is 7.52. The molecule has 0 aliphatic heterocycles. The van der Waals surface area contributed by atoms with Crippen LogP contribution < -0.4 is 0 Å². The number of nitrogens with zero attached hydrogens (tertiary/aromatic N) is 4. The third kappa shape index (κ3) is 6.16. The van der Waals surface area contributed by atoms with Crippen LogP contribution in [0.3, 0.4) is 0 Å². The standard InChI is InChI=1S/C51H34N4/c1-4-14-35(15-5-1)41-32-42(34-43(33-41)51-53-49(39-16-6-2-7-17-39)52-50(54-51)40-18-8-3-9-19-40)38-26-24-36(25-27-38)37-28-30-44(31-29-37)55-47-22-12-10-20-45(47)46-21-11-13-23-48(46)55/h1-34H. The molecule has 0 bridgehead atoms. The quantitative estimate of drug-likeness (QED) is 0.166. The van der Waals surface area contributed by atoms with Crippen LogP contribution in [0.5, 0.6) is 0 Å². The molecule has 2 aromatic heterocycles. The van der Waals surface area contributed by atoms with Crippen molar-refractivity contribution in [1.29, 1.82) is 0 Å². The third-order valence-electron chi connectivity index (χ3n) is 10.3. The Kier molecular flexibility index (Phi) is 8.12. The molecule has 0 amide bonds. The van der Waals surface area contributed by atoms with Crippen LogP contribution in [-0.2, 0) is 0 Å². The Hall–Kier alpha value is -7.43. The van der Waals surface area contributed by atoms with Crippen LogP contribution in [-0.4, -0.2) is 19.5 Å². The summed E-state index contributed by atoms with van der Waals surface area (Å²) in [6.45, 7) is 0. The fraction of sp³-hybridized carbons (Fsp3) is 0. The van der Waals surface area contributed by atoms with E-state index >= 15 is 0 Å². The molecule has 2 heterocycles. The maximum absolute atomic E-state index is 5.06. The van der Waals surface area contributed by atoms with Gasteiger partial charge >= 0.3 is 0 Å². The van der Waals surface area contributed by atoms with E-state index in [1.54, 1.807) is 0 Å². The zero-order valence-corrected chi connectivity index (χ0v) is 29.9. The van der Waals surface area contributed by atoms with Crippen LogP contribution >= 0.6 is 0 Å². The van der Waals surface area contributed by atoms with Gasteiger partial charge in [-0.25, -0.2) is 15.0 Å². The van der Waals surface area contributed by atoms with E-state index < -0.39 is 0 Å². The maximum Gasteiger partial charge on any atom is 0.164 e. The molecule has 0 aliphatic rings. The predicted octanol–water partition coefficient (Wildman–Crippen LogP) is 13.0. The van der Waals surface area contributed by atoms with Crippen LogP contribution in [0, 0.1) is 0 Å². The highest BCUT2D eigenvalue weighted by molar-refractivity contribution is 6.09. The highest BCUT2D eigenvalue weighted by Gasteiger charge is 2.16. The molecule has 0 aliphatic carbocycles. The topological polar surface area (TPSA) is 43.6 Å². The van der Waals surface area contributed by atoms with Gasteiger partial charge in [-0.3, -0.25) is 0 Å². The smallest absolute Gasteiger partial charge is 0.164 e. The molecule has 10 rings (SSSR count). The second-order valence-corrected chi connectivity index (χ2v) is 13.7. The first-order chi connectivity index (χ1) is 27.2. The minimum Gasteiger partial charge on any atom is -0.309 e. The summed E-state index contributed by atoms with van der Waals surface area (Å²) in [7, 11) is 0. The number of benzene rings is 8. The Balaban J connectivity index is 1.04. The number of hydrogen-bond donors (Lipinski definition) is 0. The maximum atomic E-state index is 5.06. The van der Waals surface area contributed by atoms with Crippen molar-refractivity contribution >= 4 is 21.8 Å². The summed E-state index contributed by atoms with van der Waals surface area (Å²) in [4.78, 5) is 15.0. The van der Waals surface area contributed by atoms with Crippen LogP contribution in [0.1, 0.15) is 0 Å². The van der Waals surface area contributed by atoms with Gasteiger partial charge in [-0.2, -0.15) is 0 Å². The van der Waals surface area contributed by atoms with Crippen molar-refractivity contribution in [2.24, 2.45) is 0 Å². The van der Waals surface area contributed by atoms with Crippen molar-refractivity contribution < 1.29 is 0 Å². The molecule has 0 unspecified atom stereocenters. The van der Waals surface area contributed by atoms with Crippen molar-refractivity contribution in [2.75, 3.05) is 0 Å². The Bertz CT molecular complexity index is 2820. The van der Waals surface area contributed by atoms with E-state index in [4.69, 9.17) is 15.0 Å². The molecule has 4 nitrogen and oxygen atoms in total. The molecular formula is C51H34N4. The van der Waals surface area contributed by atoms with E-state index in [9.17, 15) is 0 Å². The van der Waals surface area contributed by atoms with Crippen molar-refractivity contribution in [3.05, 3.63) is 206 Å². The molecule has 0 fully saturated rings. The summed E-state index contributed by atoms with van der Waals surface area (Å²) in [5.74, 6) is 1.92. The van der Waals surface area contributed by atoms with Gasteiger partial charge in [0.2, 0.25) is 0 Å². The van der Waals surface area contributed by atoms with Gasteiger partial charge in [0.05, 0.1) is 11.0 Å². The second kappa shape index (κ2) is 13.8. The average Bonchev–Trinajstić information content (AvgIpc) is 3.61. The van der Waals surface area contributed by atoms with E-state index in [0.717, 1.165) is 50.2 Å². The van der Waals surface area contributed by atoms with Crippen molar-refractivity contribution in [2.45, 2.75) is 0 Å². The molecule has 0 N–H and O–H groups in total. The fourth-order valence-electron chi connectivity index (χ4n) is 7.52. The highest BCUT2D eigenvalue weighted by atomic mass is 15.0. The van der Waals surface area contributed by atoms with Gasteiger partial charge in [-0.05, 0) is 75.8 Å². The summed E-state index contributed by atoms with van der Waals surface area (Å²) in [6.07, 6.45) is 0. The zero-order valence-electron chi connectivity index (χ0n) is 29.9. The van der Waals surface area contributed by atoms with Gasteiger partial charge in [0, 0.05) is 33.2 Å². The molecule has 0 spiro atoms. The minimum absolute atomic E-state index is 0.631. The molecule has 4 heteroatoms. The van der Waals surface area contributed by atoms with Gasteiger partial charge < -0.3 is 4.57 Å². The lowest BCUT2D eigenvalue weighted by Gasteiger charge is -2.13. The minimum atomic E-state index is 0.631. The summed E-state index contributed by atoms with van der Waals surface area (Å²) in [6, 6.07) is 72.3. The number of hydrogen-bond acceptors (Lipinski definition) is 3. The Morgan fingerprint density at radius 1 is 0.255 bits per heavy atom. The van der Waals surface area contributed by atoms with Crippen LogP contribution in [0.25, 0.3) is 95.0 Å². The predicted molar refractivity (Wildman–Crippen MR) is 227 cm³/mol. The van der Waals surface area contributed by atoms with Gasteiger partial charge in [0.1, 0.15) is 0 Å². The third-order valence-corrected chi connectivity index (χ3v) is 10.3. The lowest BCUT2D eigenvalue weighted by atomic mass is 9.94. The highest BCUT2D eigenvalue weighted by Crippen LogP contribution is 2.36. The largest absolute Gasteiger partial charge is 0.309 e. The Morgan fingerprint density at radius 3 is 1.05 bits per heavy atom. The lowest BCUT2D eigenvalue weighted by molar-refractivity contribution is 1.07. The van der Waals surface area contributed by atoms with E-state index in [-0.39, 0.29) is 0 Å². The first kappa shape index (κ1) is 32.2. The summed E-state index contributed by atoms with van der Waals surface area (Å²) in [5.41, 5.74) is 13.2. The van der Waals surface area contributed by atoms with E-state index in [2.05, 4.69) is 144 Å². The monoisotopic (exact) mass is 702 g/mol. The van der Waals surface area contributed by atoms with Gasteiger partial charge in [-0.1, -0.05) is 164 Å².